The summed E-state index contributed by atoms with van der Waals surface area (Å²) in [4.78, 5) is 0. The molecule has 0 bridgehead atoms. The summed E-state index contributed by atoms with van der Waals surface area (Å²) in [5.74, 6) is 2.04. The van der Waals surface area contributed by atoms with Gasteiger partial charge >= 0.3 is 0 Å². The lowest BCUT2D eigenvalue weighted by Gasteiger charge is -2.35. The van der Waals surface area contributed by atoms with E-state index in [0.29, 0.717) is 10.4 Å². The fourth-order valence-electron chi connectivity index (χ4n) is 3.53. The maximum Gasteiger partial charge on any atom is 0.137 e. The molecule has 21 heavy (non-hydrogen) atoms. The molecule has 2 rings (SSSR count). The van der Waals surface area contributed by atoms with Gasteiger partial charge in [0.1, 0.15) is 5.82 Å². The van der Waals surface area contributed by atoms with E-state index < -0.39 is 0 Å². The van der Waals surface area contributed by atoms with Crippen LogP contribution in [0.4, 0.5) is 4.39 Å². The summed E-state index contributed by atoms with van der Waals surface area (Å²) in [6.45, 7) is 6.77. The minimum absolute atomic E-state index is 0.142. The molecule has 0 radical (unpaired) electrons. The van der Waals surface area contributed by atoms with Crippen molar-refractivity contribution in [2.45, 2.75) is 46.0 Å². The van der Waals surface area contributed by atoms with E-state index in [9.17, 15) is 4.39 Å². The maximum atomic E-state index is 13.7. The van der Waals surface area contributed by atoms with E-state index in [1.807, 2.05) is 6.07 Å². The zero-order valence-electron chi connectivity index (χ0n) is 13.2. The van der Waals surface area contributed by atoms with Gasteiger partial charge in [0.2, 0.25) is 0 Å². The van der Waals surface area contributed by atoms with Gasteiger partial charge in [-0.15, -0.1) is 0 Å². The quantitative estimate of drug-likeness (QED) is 0.693. The van der Waals surface area contributed by atoms with Crippen molar-refractivity contribution in [3.05, 3.63) is 34.1 Å². The third-order valence-electron chi connectivity index (χ3n) is 4.75. The molecule has 1 fully saturated rings. The molecule has 1 N–H and O–H groups in total. The van der Waals surface area contributed by atoms with Crippen molar-refractivity contribution in [2.24, 2.45) is 17.8 Å². The SMILES string of the molecule is CCCNCC1CCC(C)CC1Cc1cccc(F)c1Br. The molecule has 0 heterocycles. The van der Waals surface area contributed by atoms with Gasteiger partial charge < -0.3 is 5.32 Å². The van der Waals surface area contributed by atoms with Gasteiger partial charge in [0, 0.05) is 0 Å². The highest BCUT2D eigenvalue weighted by molar-refractivity contribution is 9.10. The van der Waals surface area contributed by atoms with Gasteiger partial charge in [0.15, 0.2) is 0 Å². The van der Waals surface area contributed by atoms with Crippen molar-refractivity contribution in [1.29, 1.82) is 0 Å². The first-order valence-corrected chi connectivity index (χ1v) is 9.04. The summed E-state index contributed by atoms with van der Waals surface area (Å²) >= 11 is 3.42. The fraction of sp³-hybridized carbons (Fsp3) is 0.667. The van der Waals surface area contributed by atoms with Crippen molar-refractivity contribution < 1.29 is 4.39 Å². The van der Waals surface area contributed by atoms with Gasteiger partial charge in [-0.3, -0.25) is 0 Å². The van der Waals surface area contributed by atoms with Crippen LogP contribution in [0.2, 0.25) is 0 Å². The molecule has 3 atom stereocenters. The molecule has 1 aliphatic rings. The van der Waals surface area contributed by atoms with E-state index in [0.717, 1.165) is 36.9 Å². The van der Waals surface area contributed by atoms with Gasteiger partial charge in [-0.05, 0) is 84.1 Å². The largest absolute Gasteiger partial charge is 0.316 e. The Hall–Kier alpha value is -0.410. The van der Waals surface area contributed by atoms with Gasteiger partial charge in [0.05, 0.1) is 4.47 Å². The van der Waals surface area contributed by atoms with Crippen LogP contribution in [0, 0.1) is 23.6 Å². The molecule has 118 valence electrons. The summed E-state index contributed by atoms with van der Waals surface area (Å²) < 4.78 is 14.4. The Labute approximate surface area is 136 Å². The van der Waals surface area contributed by atoms with Crippen molar-refractivity contribution in [3.63, 3.8) is 0 Å². The molecule has 1 aromatic carbocycles. The fourth-order valence-corrected chi connectivity index (χ4v) is 3.96. The number of hydrogen-bond donors (Lipinski definition) is 1. The smallest absolute Gasteiger partial charge is 0.137 e. The zero-order chi connectivity index (χ0) is 15.2. The van der Waals surface area contributed by atoms with Crippen LogP contribution in [0.3, 0.4) is 0 Å². The highest BCUT2D eigenvalue weighted by Gasteiger charge is 2.29. The zero-order valence-corrected chi connectivity index (χ0v) is 14.8. The van der Waals surface area contributed by atoms with E-state index in [4.69, 9.17) is 0 Å². The Morgan fingerprint density at radius 2 is 2.10 bits per heavy atom. The Balaban J connectivity index is 2.03. The minimum Gasteiger partial charge on any atom is -0.316 e. The van der Waals surface area contributed by atoms with Crippen LogP contribution in [0.15, 0.2) is 22.7 Å². The molecular weight excluding hydrogens is 329 g/mol. The molecule has 1 aliphatic carbocycles. The molecule has 0 aromatic heterocycles. The highest BCUT2D eigenvalue weighted by atomic mass is 79.9. The molecule has 3 heteroatoms. The molecule has 0 amide bonds. The van der Waals surface area contributed by atoms with Gasteiger partial charge in [0.25, 0.3) is 0 Å². The molecule has 1 aromatic rings. The predicted molar refractivity (Wildman–Crippen MR) is 91.0 cm³/mol. The topological polar surface area (TPSA) is 12.0 Å². The summed E-state index contributed by atoms with van der Waals surface area (Å²) in [6, 6.07) is 5.41. The highest BCUT2D eigenvalue weighted by Crippen LogP contribution is 2.37. The van der Waals surface area contributed by atoms with Crippen molar-refractivity contribution in [1.82, 2.24) is 5.32 Å². The summed E-state index contributed by atoms with van der Waals surface area (Å²) in [5, 5.41) is 3.58. The van der Waals surface area contributed by atoms with Crippen LogP contribution < -0.4 is 5.32 Å². The average Bonchev–Trinajstić information content (AvgIpc) is 2.46. The van der Waals surface area contributed by atoms with Crippen LogP contribution in [0.1, 0.15) is 45.1 Å². The van der Waals surface area contributed by atoms with Crippen molar-refractivity contribution in [3.8, 4) is 0 Å². The number of nitrogens with one attached hydrogen (secondary N) is 1. The van der Waals surface area contributed by atoms with Crippen LogP contribution in [-0.2, 0) is 6.42 Å². The second-order valence-corrected chi connectivity index (χ2v) is 7.35. The molecule has 3 unspecified atom stereocenters. The van der Waals surface area contributed by atoms with Crippen LogP contribution >= 0.6 is 15.9 Å². The first-order valence-electron chi connectivity index (χ1n) is 8.25. The lowest BCUT2D eigenvalue weighted by molar-refractivity contribution is 0.183. The summed E-state index contributed by atoms with van der Waals surface area (Å²) in [7, 11) is 0. The molecule has 0 saturated heterocycles. The second kappa shape index (κ2) is 8.28. The normalized spacial score (nSPS) is 26.0. The van der Waals surface area contributed by atoms with E-state index in [1.165, 1.54) is 31.7 Å². The third-order valence-corrected chi connectivity index (χ3v) is 5.64. The van der Waals surface area contributed by atoms with E-state index in [1.54, 1.807) is 0 Å². The summed E-state index contributed by atoms with van der Waals surface area (Å²) in [6.07, 6.45) is 6.07. The third kappa shape index (κ3) is 4.79. The number of rotatable bonds is 6. The average molecular weight is 356 g/mol. The van der Waals surface area contributed by atoms with E-state index >= 15 is 0 Å². The Kier molecular flexibility index (Phi) is 6.69. The van der Waals surface area contributed by atoms with Crippen molar-refractivity contribution in [2.75, 3.05) is 13.1 Å². The van der Waals surface area contributed by atoms with Crippen LogP contribution in [0.5, 0.6) is 0 Å². The first-order chi connectivity index (χ1) is 10.1. The standard InChI is InChI=1S/C18H27BrFN/c1-3-9-21-12-15-8-7-13(2)10-16(15)11-14-5-4-6-17(20)18(14)19/h4-6,13,15-16,21H,3,7-12H2,1-2H3. The van der Waals surface area contributed by atoms with Crippen LogP contribution in [0.25, 0.3) is 0 Å². The summed E-state index contributed by atoms with van der Waals surface area (Å²) in [5.41, 5.74) is 1.12. The van der Waals surface area contributed by atoms with Gasteiger partial charge in [-0.25, -0.2) is 4.39 Å². The van der Waals surface area contributed by atoms with Crippen molar-refractivity contribution >= 4 is 15.9 Å². The molecule has 0 aliphatic heterocycles. The Morgan fingerprint density at radius 1 is 1.29 bits per heavy atom. The number of hydrogen-bond acceptors (Lipinski definition) is 1. The van der Waals surface area contributed by atoms with E-state index in [2.05, 4.69) is 41.2 Å². The van der Waals surface area contributed by atoms with Gasteiger partial charge in [-0.1, -0.05) is 32.4 Å². The monoisotopic (exact) mass is 355 g/mol. The minimum atomic E-state index is -0.142. The molecule has 0 spiro atoms. The molecular formula is C18H27BrFN. The molecule has 1 saturated carbocycles. The number of benzene rings is 1. The maximum absolute atomic E-state index is 13.7. The number of halogens is 2. The van der Waals surface area contributed by atoms with Crippen LogP contribution in [-0.4, -0.2) is 13.1 Å². The second-order valence-electron chi connectivity index (χ2n) is 6.56. The lowest BCUT2D eigenvalue weighted by atomic mass is 9.72. The lowest BCUT2D eigenvalue weighted by Crippen LogP contribution is -2.34. The van der Waals surface area contributed by atoms with E-state index in [-0.39, 0.29) is 5.82 Å². The Morgan fingerprint density at radius 3 is 2.86 bits per heavy atom. The van der Waals surface area contributed by atoms with Gasteiger partial charge in [-0.2, -0.15) is 0 Å². The Bertz CT molecular complexity index is 449. The predicted octanol–water partition coefficient (Wildman–Crippen LogP) is 5.18. The first kappa shape index (κ1) is 17.0. The molecule has 1 nitrogen and oxygen atoms in total.